The van der Waals surface area contributed by atoms with Crippen molar-refractivity contribution >= 4 is 16.5 Å². The summed E-state index contributed by atoms with van der Waals surface area (Å²) in [6.07, 6.45) is 0.860. The Kier molecular flexibility index (Phi) is 2.68. The second-order valence-corrected chi connectivity index (χ2v) is 3.95. The van der Waals surface area contributed by atoms with E-state index in [2.05, 4.69) is 24.9 Å². The van der Waals surface area contributed by atoms with Crippen molar-refractivity contribution < 1.29 is 0 Å². The zero-order valence-corrected chi connectivity index (χ0v) is 9.77. The Labute approximate surface area is 92.1 Å². The van der Waals surface area contributed by atoms with E-state index in [1.54, 1.807) is 0 Å². The molecule has 0 aliphatic heterocycles. The van der Waals surface area contributed by atoms with E-state index < -0.39 is 0 Å². The maximum absolute atomic E-state index is 4.40. The third-order valence-corrected chi connectivity index (χ3v) is 3.14. The van der Waals surface area contributed by atoms with Crippen LogP contribution in [0.3, 0.4) is 0 Å². The van der Waals surface area contributed by atoms with Crippen LogP contribution in [0.5, 0.6) is 0 Å². The molecule has 2 aromatic rings. The SMILES string of the molecule is CCc1nc(-c2c(C)nsc2NC)n[nH]1. The Hall–Kier alpha value is -1.43. The van der Waals surface area contributed by atoms with Gasteiger partial charge in [0.25, 0.3) is 0 Å². The first-order valence-electron chi connectivity index (χ1n) is 4.82. The predicted octanol–water partition coefficient (Wildman–Crippen LogP) is 1.84. The lowest BCUT2D eigenvalue weighted by Gasteiger charge is -1.97. The van der Waals surface area contributed by atoms with Gasteiger partial charge in [-0.15, -0.1) is 0 Å². The fourth-order valence-electron chi connectivity index (χ4n) is 1.37. The van der Waals surface area contributed by atoms with Crippen molar-refractivity contribution in [3.05, 3.63) is 11.5 Å². The van der Waals surface area contributed by atoms with Crippen LogP contribution in [0.2, 0.25) is 0 Å². The fourth-order valence-corrected chi connectivity index (χ4v) is 2.11. The maximum atomic E-state index is 4.40. The molecule has 2 heterocycles. The highest BCUT2D eigenvalue weighted by atomic mass is 32.1. The van der Waals surface area contributed by atoms with E-state index in [-0.39, 0.29) is 0 Å². The van der Waals surface area contributed by atoms with Crippen molar-refractivity contribution in [1.29, 1.82) is 0 Å². The molecule has 0 bridgehead atoms. The van der Waals surface area contributed by atoms with E-state index in [0.717, 1.165) is 34.3 Å². The molecule has 5 nitrogen and oxygen atoms in total. The van der Waals surface area contributed by atoms with Gasteiger partial charge in [-0.25, -0.2) is 4.98 Å². The predicted molar refractivity (Wildman–Crippen MR) is 61.2 cm³/mol. The molecule has 0 atom stereocenters. The van der Waals surface area contributed by atoms with Gasteiger partial charge in [-0.3, -0.25) is 5.10 Å². The summed E-state index contributed by atoms with van der Waals surface area (Å²) in [6, 6.07) is 0. The van der Waals surface area contributed by atoms with E-state index >= 15 is 0 Å². The summed E-state index contributed by atoms with van der Waals surface area (Å²) in [7, 11) is 1.88. The highest BCUT2D eigenvalue weighted by Crippen LogP contribution is 2.31. The van der Waals surface area contributed by atoms with Crippen LogP contribution in [-0.4, -0.2) is 26.6 Å². The number of aromatic amines is 1. The Bertz CT molecular complexity index is 459. The zero-order valence-electron chi connectivity index (χ0n) is 8.96. The molecule has 0 aromatic carbocycles. The molecular formula is C9H13N5S. The van der Waals surface area contributed by atoms with Crippen molar-refractivity contribution in [1.82, 2.24) is 19.6 Å². The van der Waals surface area contributed by atoms with Gasteiger partial charge in [0.05, 0.1) is 11.3 Å². The summed E-state index contributed by atoms with van der Waals surface area (Å²) in [5.74, 6) is 1.63. The van der Waals surface area contributed by atoms with Gasteiger partial charge in [-0.05, 0) is 18.5 Å². The minimum Gasteiger partial charge on any atom is -0.378 e. The summed E-state index contributed by atoms with van der Waals surface area (Å²) >= 11 is 1.43. The van der Waals surface area contributed by atoms with Gasteiger partial charge < -0.3 is 5.32 Å². The fraction of sp³-hybridized carbons (Fsp3) is 0.444. The molecule has 0 saturated carbocycles. The second kappa shape index (κ2) is 3.98. The van der Waals surface area contributed by atoms with E-state index in [1.165, 1.54) is 11.5 Å². The highest BCUT2D eigenvalue weighted by Gasteiger charge is 2.15. The Morgan fingerprint density at radius 1 is 1.47 bits per heavy atom. The largest absolute Gasteiger partial charge is 0.378 e. The number of rotatable bonds is 3. The molecule has 6 heteroatoms. The quantitative estimate of drug-likeness (QED) is 0.833. The van der Waals surface area contributed by atoms with Crippen molar-refractivity contribution in [2.75, 3.05) is 12.4 Å². The van der Waals surface area contributed by atoms with E-state index in [4.69, 9.17) is 0 Å². The first-order chi connectivity index (χ1) is 7.26. The van der Waals surface area contributed by atoms with Gasteiger partial charge in [0.15, 0.2) is 5.82 Å². The summed E-state index contributed by atoms with van der Waals surface area (Å²) in [4.78, 5) is 4.40. The lowest BCUT2D eigenvalue weighted by Crippen LogP contribution is -1.90. The van der Waals surface area contributed by atoms with Gasteiger partial charge in [0.2, 0.25) is 0 Å². The van der Waals surface area contributed by atoms with Crippen LogP contribution in [0, 0.1) is 6.92 Å². The van der Waals surface area contributed by atoms with Crippen molar-refractivity contribution in [2.24, 2.45) is 0 Å². The molecule has 0 amide bonds. The molecule has 0 unspecified atom stereocenters. The van der Waals surface area contributed by atoms with Crippen LogP contribution in [0.4, 0.5) is 5.00 Å². The topological polar surface area (TPSA) is 66.5 Å². The van der Waals surface area contributed by atoms with Gasteiger partial charge in [0, 0.05) is 13.5 Å². The number of anilines is 1. The Morgan fingerprint density at radius 2 is 2.27 bits per heavy atom. The van der Waals surface area contributed by atoms with Crippen LogP contribution in [0.1, 0.15) is 18.4 Å². The smallest absolute Gasteiger partial charge is 0.186 e. The number of aromatic nitrogens is 4. The molecule has 0 aliphatic carbocycles. The number of aryl methyl sites for hydroxylation is 2. The van der Waals surface area contributed by atoms with Gasteiger partial charge >= 0.3 is 0 Å². The van der Waals surface area contributed by atoms with Crippen LogP contribution in [0.15, 0.2) is 0 Å². The lowest BCUT2D eigenvalue weighted by molar-refractivity contribution is 0.946. The molecule has 2 rings (SSSR count). The van der Waals surface area contributed by atoms with Crippen molar-refractivity contribution in [3.8, 4) is 11.4 Å². The molecule has 2 N–H and O–H groups in total. The standard InChI is InChI=1S/C9H13N5S/c1-4-6-11-8(13-12-6)7-5(2)14-15-9(7)10-3/h10H,4H2,1-3H3,(H,11,12,13). The molecule has 0 aliphatic rings. The number of hydrogen-bond donors (Lipinski definition) is 2. The molecule has 2 aromatic heterocycles. The molecule has 0 saturated heterocycles. The van der Waals surface area contributed by atoms with Crippen molar-refractivity contribution in [2.45, 2.75) is 20.3 Å². The van der Waals surface area contributed by atoms with Crippen LogP contribution in [-0.2, 0) is 6.42 Å². The molecule has 0 radical (unpaired) electrons. The number of hydrogen-bond acceptors (Lipinski definition) is 5. The molecule has 0 fully saturated rings. The normalized spacial score (nSPS) is 10.6. The summed E-state index contributed by atoms with van der Waals surface area (Å²) in [6.45, 7) is 4.01. The highest BCUT2D eigenvalue weighted by molar-refractivity contribution is 7.10. The average molecular weight is 223 g/mol. The molecule has 15 heavy (non-hydrogen) atoms. The lowest BCUT2D eigenvalue weighted by atomic mass is 10.2. The molecular weight excluding hydrogens is 210 g/mol. The summed E-state index contributed by atoms with van der Waals surface area (Å²) in [5.41, 5.74) is 1.96. The van der Waals surface area contributed by atoms with Gasteiger partial charge in [-0.2, -0.15) is 9.47 Å². The number of nitrogens with one attached hydrogen (secondary N) is 2. The van der Waals surface area contributed by atoms with Crippen molar-refractivity contribution in [3.63, 3.8) is 0 Å². The minimum absolute atomic E-state index is 0.724. The third kappa shape index (κ3) is 1.72. The van der Waals surface area contributed by atoms with E-state index in [0.29, 0.717) is 0 Å². The van der Waals surface area contributed by atoms with Crippen LogP contribution < -0.4 is 5.32 Å². The van der Waals surface area contributed by atoms with E-state index in [9.17, 15) is 0 Å². The maximum Gasteiger partial charge on any atom is 0.186 e. The average Bonchev–Trinajstić information content (AvgIpc) is 2.83. The third-order valence-electron chi connectivity index (χ3n) is 2.18. The summed E-state index contributed by atoms with van der Waals surface area (Å²) in [5, 5.41) is 11.2. The van der Waals surface area contributed by atoms with Crippen LogP contribution >= 0.6 is 11.5 Å². The summed E-state index contributed by atoms with van der Waals surface area (Å²) < 4.78 is 4.28. The van der Waals surface area contributed by atoms with E-state index in [1.807, 2.05) is 20.9 Å². The monoisotopic (exact) mass is 223 g/mol. The number of nitrogens with zero attached hydrogens (tertiary/aromatic N) is 3. The zero-order chi connectivity index (χ0) is 10.8. The first kappa shape index (κ1) is 10.1. The second-order valence-electron chi connectivity index (χ2n) is 3.18. The Balaban J connectivity index is 2.47. The minimum atomic E-state index is 0.724. The van der Waals surface area contributed by atoms with Gasteiger partial charge in [-0.1, -0.05) is 6.92 Å². The van der Waals surface area contributed by atoms with Crippen LogP contribution in [0.25, 0.3) is 11.4 Å². The molecule has 0 spiro atoms. The Morgan fingerprint density at radius 3 is 2.87 bits per heavy atom. The first-order valence-corrected chi connectivity index (χ1v) is 5.59. The molecule has 80 valence electrons. The van der Waals surface area contributed by atoms with Gasteiger partial charge in [0.1, 0.15) is 10.8 Å². The number of H-pyrrole nitrogens is 1.